The van der Waals surface area contributed by atoms with Crippen LogP contribution in [0, 0.1) is 5.92 Å². The molecule has 1 aromatic carbocycles. The number of hydrogen-bond donors (Lipinski definition) is 3. The zero-order valence-corrected chi connectivity index (χ0v) is 20.6. The number of nitrogens with one attached hydrogen (secondary N) is 3. The lowest BCUT2D eigenvalue weighted by Gasteiger charge is -2.36. The van der Waals surface area contributed by atoms with Gasteiger partial charge in [0.25, 0.3) is 0 Å². The Bertz CT molecular complexity index is 707. The molecule has 0 aromatic heterocycles. The number of carbonyl (C=O) groups excluding carboxylic acids is 1. The quantitative estimate of drug-likeness (QED) is 0.288. The van der Waals surface area contributed by atoms with Crippen molar-refractivity contribution in [3.63, 3.8) is 0 Å². The van der Waals surface area contributed by atoms with E-state index in [9.17, 15) is 4.79 Å². The normalized spacial score (nSPS) is 20.7. The molecule has 2 aliphatic rings. The molecule has 168 valence electrons. The SMILES string of the molecule is CCNC(=NCC(C(C)C)N1CCOCC1)NCC1CC(=O)Nc2ccccc21.I. The molecule has 2 unspecified atom stereocenters. The Balaban J connectivity index is 0.00000320. The highest BCUT2D eigenvalue weighted by Crippen LogP contribution is 2.31. The van der Waals surface area contributed by atoms with Crippen molar-refractivity contribution in [2.75, 3.05) is 51.3 Å². The molecular weight excluding hydrogens is 493 g/mol. The Labute approximate surface area is 197 Å². The number of morpholine rings is 1. The number of carbonyl (C=O) groups is 1. The number of anilines is 1. The van der Waals surface area contributed by atoms with Crippen molar-refractivity contribution in [1.82, 2.24) is 15.5 Å². The molecule has 8 heteroatoms. The molecule has 0 saturated carbocycles. The molecule has 0 bridgehead atoms. The maximum Gasteiger partial charge on any atom is 0.225 e. The van der Waals surface area contributed by atoms with Gasteiger partial charge >= 0.3 is 0 Å². The zero-order chi connectivity index (χ0) is 20.6. The molecule has 0 aliphatic carbocycles. The summed E-state index contributed by atoms with van der Waals surface area (Å²) in [6, 6.07) is 8.44. The second kappa shape index (κ2) is 12.5. The van der Waals surface area contributed by atoms with Crippen LogP contribution in [0.4, 0.5) is 5.69 Å². The number of benzene rings is 1. The molecule has 2 atom stereocenters. The highest BCUT2D eigenvalue weighted by atomic mass is 127. The largest absolute Gasteiger partial charge is 0.379 e. The first-order valence-corrected chi connectivity index (χ1v) is 10.8. The number of amides is 1. The van der Waals surface area contributed by atoms with Gasteiger partial charge in [-0.3, -0.25) is 14.7 Å². The summed E-state index contributed by atoms with van der Waals surface area (Å²) in [6.07, 6.45) is 0.492. The molecule has 30 heavy (non-hydrogen) atoms. The molecule has 0 radical (unpaired) electrons. The molecule has 1 aromatic rings. The molecule has 2 heterocycles. The number of fused-ring (bicyclic) bond motifs is 1. The minimum absolute atomic E-state index is 0. The summed E-state index contributed by atoms with van der Waals surface area (Å²) in [4.78, 5) is 19.4. The van der Waals surface area contributed by atoms with Crippen molar-refractivity contribution in [1.29, 1.82) is 0 Å². The van der Waals surface area contributed by atoms with Crippen molar-refractivity contribution in [2.24, 2.45) is 10.9 Å². The van der Waals surface area contributed by atoms with Crippen LogP contribution in [-0.4, -0.2) is 68.7 Å². The number of nitrogens with zero attached hydrogens (tertiary/aromatic N) is 2. The van der Waals surface area contributed by atoms with Gasteiger partial charge in [-0.2, -0.15) is 0 Å². The maximum absolute atomic E-state index is 12.1. The van der Waals surface area contributed by atoms with Gasteiger partial charge in [0.2, 0.25) is 5.91 Å². The van der Waals surface area contributed by atoms with Gasteiger partial charge in [-0.05, 0) is 24.5 Å². The molecule has 2 aliphatic heterocycles. The third-order valence-corrected chi connectivity index (χ3v) is 5.69. The zero-order valence-electron chi connectivity index (χ0n) is 18.3. The first-order chi connectivity index (χ1) is 14.1. The van der Waals surface area contributed by atoms with E-state index in [1.165, 1.54) is 5.56 Å². The molecule has 0 spiro atoms. The van der Waals surface area contributed by atoms with E-state index < -0.39 is 0 Å². The van der Waals surface area contributed by atoms with Gasteiger partial charge in [0.15, 0.2) is 5.96 Å². The van der Waals surface area contributed by atoms with E-state index in [4.69, 9.17) is 9.73 Å². The summed E-state index contributed by atoms with van der Waals surface area (Å²) in [5, 5.41) is 9.78. The lowest BCUT2D eigenvalue weighted by atomic mass is 9.90. The lowest BCUT2D eigenvalue weighted by molar-refractivity contribution is -0.116. The molecule has 1 amide bonds. The van der Waals surface area contributed by atoms with Gasteiger partial charge in [0.05, 0.1) is 19.8 Å². The molecular formula is C22H36IN5O2. The van der Waals surface area contributed by atoms with E-state index in [1.54, 1.807) is 0 Å². The van der Waals surface area contributed by atoms with Crippen molar-refractivity contribution < 1.29 is 9.53 Å². The highest BCUT2D eigenvalue weighted by Gasteiger charge is 2.26. The van der Waals surface area contributed by atoms with Crippen molar-refractivity contribution >= 4 is 41.5 Å². The van der Waals surface area contributed by atoms with Gasteiger partial charge in [-0.25, -0.2) is 0 Å². The molecule has 7 nitrogen and oxygen atoms in total. The fraction of sp³-hybridized carbons (Fsp3) is 0.636. The standard InChI is InChI=1S/C22H35N5O2.HI/c1-4-23-22(25-15-20(16(2)3)27-9-11-29-12-10-27)24-14-17-13-21(28)26-19-8-6-5-7-18(17)19;/h5-8,16-17,20H,4,9-15H2,1-3H3,(H,26,28)(H2,23,24,25);1H. The molecule has 3 rings (SSSR count). The second-order valence-electron chi connectivity index (χ2n) is 8.10. The van der Waals surface area contributed by atoms with E-state index >= 15 is 0 Å². The Morgan fingerprint density at radius 3 is 2.70 bits per heavy atom. The Morgan fingerprint density at radius 1 is 1.27 bits per heavy atom. The van der Waals surface area contributed by atoms with Crippen LogP contribution >= 0.6 is 24.0 Å². The minimum Gasteiger partial charge on any atom is -0.379 e. The predicted octanol–water partition coefficient (Wildman–Crippen LogP) is 2.64. The summed E-state index contributed by atoms with van der Waals surface area (Å²) >= 11 is 0. The third-order valence-electron chi connectivity index (χ3n) is 5.69. The average Bonchev–Trinajstić information content (AvgIpc) is 2.72. The van der Waals surface area contributed by atoms with Crippen LogP contribution in [0.2, 0.25) is 0 Å². The van der Waals surface area contributed by atoms with Gasteiger partial charge < -0.3 is 20.7 Å². The topological polar surface area (TPSA) is 78.0 Å². The van der Waals surface area contributed by atoms with Crippen LogP contribution in [0.1, 0.15) is 38.7 Å². The number of rotatable bonds is 7. The lowest BCUT2D eigenvalue weighted by Crippen LogP contribution is -2.48. The van der Waals surface area contributed by atoms with Crippen LogP contribution < -0.4 is 16.0 Å². The summed E-state index contributed by atoms with van der Waals surface area (Å²) in [5.41, 5.74) is 2.11. The Kier molecular flexibility index (Phi) is 10.3. The Hall–Kier alpha value is -1.39. The summed E-state index contributed by atoms with van der Waals surface area (Å²) in [5.74, 6) is 1.55. The van der Waals surface area contributed by atoms with Crippen LogP contribution in [0.3, 0.4) is 0 Å². The van der Waals surface area contributed by atoms with Crippen molar-refractivity contribution in [3.05, 3.63) is 29.8 Å². The smallest absolute Gasteiger partial charge is 0.225 e. The average molecular weight is 529 g/mol. The summed E-state index contributed by atoms with van der Waals surface area (Å²) in [6.45, 7) is 12.4. The second-order valence-corrected chi connectivity index (χ2v) is 8.10. The van der Waals surface area contributed by atoms with Crippen LogP contribution in [0.5, 0.6) is 0 Å². The maximum atomic E-state index is 12.1. The van der Waals surface area contributed by atoms with E-state index in [2.05, 4.69) is 47.7 Å². The van der Waals surface area contributed by atoms with Gasteiger partial charge in [-0.15, -0.1) is 24.0 Å². The van der Waals surface area contributed by atoms with Gasteiger partial charge in [-0.1, -0.05) is 32.0 Å². The number of guanidine groups is 1. The van der Waals surface area contributed by atoms with E-state index in [0.717, 1.165) is 51.0 Å². The van der Waals surface area contributed by atoms with E-state index in [-0.39, 0.29) is 35.8 Å². The molecule has 1 saturated heterocycles. The van der Waals surface area contributed by atoms with E-state index in [1.807, 2.05) is 18.2 Å². The van der Waals surface area contributed by atoms with Crippen LogP contribution in [-0.2, 0) is 9.53 Å². The third kappa shape index (κ3) is 6.81. The number of hydrogen-bond acceptors (Lipinski definition) is 4. The Morgan fingerprint density at radius 2 is 2.00 bits per heavy atom. The highest BCUT2D eigenvalue weighted by molar-refractivity contribution is 14.0. The molecule has 1 fully saturated rings. The summed E-state index contributed by atoms with van der Waals surface area (Å²) < 4.78 is 5.50. The monoisotopic (exact) mass is 529 g/mol. The molecule has 3 N–H and O–H groups in total. The van der Waals surface area contributed by atoms with Crippen molar-refractivity contribution in [2.45, 2.75) is 39.2 Å². The number of aliphatic imine (C=N–C) groups is 1. The van der Waals surface area contributed by atoms with Crippen molar-refractivity contribution in [3.8, 4) is 0 Å². The van der Waals surface area contributed by atoms with E-state index in [0.29, 0.717) is 24.9 Å². The fourth-order valence-corrected chi connectivity index (χ4v) is 4.09. The van der Waals surface area contributed by atoms with Gasteiger partial charge in [0.1, 0.15) is 0 Å². The number of ether oxygens (including phenoxy) is 1. The van der Waals surface area contributed by atoms with Crippen LogP contribution in [0.25, 0.3) is 0 Å². The van der Waals surface area contributed by atoms with Gasteiger partial charge in [0, 0.05) is 50.2 Å². The minimum atomic E-state index is 0. The fourth-order valence-electron chi connectivity index (χ4n) is 4.09. The summed E-state index contributed by atoms with van der Waals surface area (Å²) in [7, 11) is 0. The first kappa shape index (κ1) is 24.9. The van der Waals surface area contributed by atoms with Crippen LogP contribution in [0.15, 0.2) is 29.3 Å². The number of halogens is 1. The first-order valence-electron chi connectivity index (χ1n) is 10.8. The predicted molar refractivity (Wildman–Crippen MR) is 133 cm³/mol. The number of para-hydroxylation sites is 1.